The van der Waals surface area contributed by atoms with Gasteiger partial charge >= 0.3 is 0 Å². The van der Waals surface area contributed by atoms with Gasteiger partial charge in [-0.15, -0.1) is 0 Å². The molecule has 1 heterocycles. The fourth-order valence-electron chi connectivity index (χ4n) is 6.33. The average molecular weight is 642 g/mol. The molecule has 1 saturated heterocycles. The van der Waals surface area contributed by atoms with E-state index in [9.17, 15) is 0 Å². The number of ether oxygens (including phenoxy) is 2. The standard InChI is InChI=1S/C43H79NO2/c1-5-7-9-11-13-15-17-19-21-23-25-27-29-31-33-35-37-41(39-43-45-40-42(46-43)44(3)4)38-36-34-32-30-28-26-24-22-20-18-16-14-12-10-8-6-2/h13-16,19-22,41-43H,5-12,17-18,23-40H2,1-4H3. The Kier molecular flexibility index (Phi) is 31.4. The van der Waals surface area contributed by atoms with Gasteiger partial charge in [-0.1, -0.05) is 165 Å². The second-order valence-electron chi connectivity index (χ2n) is 14.2. The maximum absolute atomic E-state index is 6.20. The van der Waals surface area contributed by atoms with Crippen LogP contribution in [-0.2, 0) is 9.47 Å². The van der Waals surface area contributed by atoms with E-state index in [0.717, 1.165) is 25.2 Å². The first-order valence-corrected chi connectivity index (χ1v) is 20.2. The quantitative estimate of drug-likeness (QED) is 0.0526. The van der Waals surface area contributed by atoms with Crippen molar-refractivity contribution in [2.24, 2.45) is 5.92 Å². The van der Waals surface area contributed by atoms with Crippen molar-refractivity contribution in [3.8, 4) is 0 Å². The Morgan fingerprint density at radius 1 is 0.522 bits per heavy atom. The molecule has 0 bridgehead atoms. The lowest BCUT2D eigenvalue weighted by Crippen LogP contribution is -2.30. The highest BCUT2D eigenvalue weighted by atomic mass is 16.7. The van der Waals surface area contributed by atoms with Crippen molar-refractivity contribution in [1.82, 2.24) is 4.90 Å². The highest BCUT2D eigenvalue weighted by molar-refractivity contribution is 4.93. The molecule has 1 rings (SSSR count). The van der Waals surface area contributed by atoms with E-state index in [1.54, 1.807) is 0 Å². The molecule has 268 valence electrons. The Hall–Kier alpha value is -1.16. The molecule has 0 N–H and O–H groups in total. The smallest absolute Gasteiger partial charge is 0.160 e. The zero-order valence-corrected chi connectivity index (χ0v) is 31.4. The molecule has 0 aromatic carbocycles. The zero-order valence-electron chi connectivity index (χ0n) is 31.4. The molecule has 1 fully saturated rings. The molecule has 1 aliphatic rings. The number of hydrogen-bond acceptors (Lipinski definition) is 3. The summed E-state index contributed by atoms with van der Waals surface area (Å²) in [6, 6.07) is 0. The van der Waals surface area contributed by atoms with E-state index in [4.69, 9.17) is 9.47 Å². The minimum atomic E-state index is -0.00777. The summed E-state index contributed by atoms with van der Waals surface area (Å²) in [7, 11) is 4.17. The molecule has 3 nitrogen and oxygen atoms in total. The maximum Gasteiger partial charge on any atom is 0.160 e. The molecule has 0 radical (unpaired) electrons. The van der Waals surface area contributed by atoms with E-state index in [2.05, 4.69) is 81.5 Å². The number of allylic oxidation sites excluding steroid dienone is 8. The molecule has 0 amide bonds. The van der Waals surface area contributed by atoms with Crippen molar-refractivity contribution in [2.45, 2.75) is 200 Å². The minimum absolute atomic E-state index is 0.00777. The summed E-state index contributed by atoms with van der Waals surface area (Å²) in [5.41, 5.74) is 0. The van der Waals surface area contributed by atoms with Crippen LogP contribution >= 0.6 is 0 Å². The van der Waals surface area contributed by atoms with Gasteiger partial charge in [-0.2, -0.15) is 0 Å². The first-order valence-electron chi connectivity index (χ1n) is 20.2. The fraction of sp³-hybridized carbons (Fsp3) is 0.814. The monoisotopic (exact) mass is 642 g/mol. The van der Waals surface area contributed by atoms with Gasteiger partial charge in [0.15, 0.2) is 6.29 Å². The Balaban J connectivity index is 2.12. The maximum atomic E-state index is 6.20. The third-order valence-corrected chi connectivity index (χ3v) is 9.46. The second-order valence-corrected chi connectivity index (χ2v) is 14.2. The summed E-state index contributed by atoms with van der Waals surface area (Å²) >= 11 is 0. The predicted molar refractivity (Wildman–Crippen MR) is 204 cm³/mol. The molecule has 46 heavy (non-hydrogen) atoms. The average Bonchev–Trinajstić information content (AvgIpc) is 3.53. The van der Waals surface area contributed by atoms with Crippen LogP contribution in [-0.4, -0.2) is 38.1 Å². The van der Waals surface area contributed by atoms with Gasteiger partial charge in [0.2, 0.25) is 0 Å². The highest BCUT2D eigenvalue weighted by Crippen LogP contribution is 2.28. The molecule has 2 atom stereocenters. The van der Waals surface area contributed by atoms with Gasteiger partial charge in [0.25, 0.3) is 0 Å². The second kappa shape index (κ2) is 33.7. The molecule has 0 aliphatic carbocycles. The van der Waals surface area contributed by atoms with Crippen LogP contribution in [0.3, 0.4) is 0 Å². The van der Waals surface area contributed by atoms with Crippen LogP contribution in [0.5, 0.6) is 0 Å². The zero-order chi connectivity index (χ0) is 33.2. The number of unbranched alkanes of at least 4 members (excludes halogenated alkanes) is 18. The van der Waals surface area contributed by atoms with Crippen LogP contribution in [0.2, 0.25) is 0 Å². The van der Waals surface area contributed by atoms with Crippen molar-refractivity contribution < 1.29 is 9.47 Å². The summed E-state index contributed by atoms with van der Waals surface area (Å²) < 4.78 is 12.2. The highest BCUT2D eigenvalue weighted by Gasteiger charge is 2.29. The van der Waals surface area contributed by atoms with Gasteiger partial charge in [-0.25, -0.2) is 0 Å². The van der Waals surface area contributed by atoms with Crippen molar-refractivity contribution >= 4 is 0 Å². The Labute approximate surface area is 288 Å². The van der Waals surface area contributed by atoms with E-state index in [1.807, 2.05) is 0 Å². The van der Waals surface area contributed by atoms with Gasteiger partial charge in [-0.3, -0.25) is 4.90 Å². The van der Waals surface area contributed by atoms with Crippen LogP contribution in [0.25, 0.3) is 0 Å². The lowest BCUT2D eigenvalue weighted by Gasteiger charge is -2.22. The SMILES string of the molecule is CCCCCC=CCC=CCCCCCCCCC(CCCCCCCCC=CCC=CCCCCC)CC1OCC(N(C)C)O1. The van der Waals surface area contributed by atoms with Crippen molar-refractivity contribution in [2.75, 3.05) is 20.7 Å². The number of hydrogen-bond donors (Lipinski definition) is 0. The third kappa shape index (κ3) is 27.9. The molecule has 0 spiro atoms. The van der Waals surface area contributed by atoms with Crippen molar-refractivity contribution in [3.05, 3.63) is 48.6 Å². The fourth-order valence-corrected chi connectivity index (χ4v) is 6.33. The predicted octanol–water partition coefficient (Wildman–Crippen LogP) is 13.7. The molecule has 3 heteroatoms. The van der Waals surface area contributed by atoms with Gasteiger partial charge in [0.05, 0.1) is 6.61 Å². The van der Waals surface area contributed by atoms with Crippen LogP contribution < -0.4 is 0 Å². The van der Waals surface area contributed by atoms with Crippen LogP contribution in [0.1, 0.15) is 187 Å². The molecule has 2 unspecified atom stereocenters. The first kappa shape index (κ1) is 42.9. The largest absolute Gasteiger partial charge is 0.348 e. The van der Waals surface area contributed by atoms with Gasteiger partial charge in [0, 0.05) is 6.42 Å². The first-order chi connectivity index (χ1) is 22.7. The summed E-state index contributed by atoms with van der Waals surface area (Å²) in [6.45, 7) is 5.25. The normalized spacial score (nSPS) is 18.1. The number of nitrogens with zero attached hydrogens (tertiary/aromatic N) is 1. The van der Waals surface area contributed by atoms with Gasteiger partial charge in [-0.05, 0) is 84.2 Å². The summed E-state index contributed by atoms with van der Waals surface area (Å²) in [6.07, 6.45) is 54.5. The van der Waals surface area contributed by atoms with Crippen LogP contribution in [0, 0.1) is 5.92 Å². The lowest BCUT2D eigenvalue weighted by atomic mass is 9.91. The van der Waals surface area contributed by atoms with Crippen LogP contribution in [0.4, 0.5) is 0 Å². The Morgan fingerprint density at radius 3 is 1.30 bits per heavy atom. The molecule has 1 aliphatic heterocycles. The number of likely N-dealkylation sites (N-methyl/N-ethyl adjacent to an activating group) is 1. The molecule has 0 aromatic heterocycles. The summed E-state index contributed by atoms with van der Waals surface area (Å²) in [4.78, 5) is 2.14. The van der Waals surface area contributed by atoms with E-state index < -0.39 is 0 Å². The third-order valence-electron chi connectivity index (χ3n) is 9.46. The molecule has 0 saturated carbocycles. The van der Waals surface area contributed by atoms with Crippen LogP contribution in [0.15, 0.2) is 48.6 Å². The summed E-state index contributed by atoms with van der Waals surface area (Å²) in [5.74, 6) is 0.738. The molecular formula is C43H79NO2. The van der Waals surface area contributed by atoms with E-state index in [1.165, 1.54) is 154 Å². The van der Waals surface area contributed by atoms with E-state index in [0.29, 0.717) is 6.61 Å². The van der Waals surface area contributed by atoms with Crippen molar-refractivity contribution in [3.63, 3.8) is 0 Å². The van der Waals surface area contributed by atoms with Crippen molar-refractivity contribution in [1.29, 1.82) is 0 Å². The molecule has 0 aromatic rings. The van der Waals surface area contributed by atoms with Gasteiger partial charge in [0.1, 0.15) is 6.23 Å². The minimum Gasteiger partial charge on any atom is -0.348 e. The van der Waals surface area contributed by atoms with E-state index >= 15 is 0 Å². The lowest BCUT2D eigenvalue weighted by molar-refractivity contribution is -0.0950. The Bertz CT molecular complexity index is 691. The Morgan fingerprint density at radius 2 is 0.913 bits per heavy atom. The van der Waals surface area contributed by atoms with E-state index in [-0.39, 0.29) is 12.5 Å². The number of rotatable bonds is 33. The topological polar surface area (TPSA) is 21.7 Å². The summed E-state index contributed by atoms with van der Waals surface area (Å²) in [5, 5.41) is 0. The van der Waals surface area contributed by atoms with Gasteiger partial charge < -0.3 is 9.47 Å². The molecular weight excluding hydrogens is 562 g/mol.